The van der Waals surface area contributed by atoms with Gasteiger partial charge in [0.25, 0.3) is 0 Å². The summed E-state index contributed by atoms with van der Waals surface area (Å²) in [6.45, 7) is 5.97. The molecule has 0 aliphatic carbocycles. The van der Waals surface area contributed by atoms with E-state index in [1.807, 2.05) is 0 Å². The Labute approximate surface area is 79.1 Å². The molecular formula is C9H18N2S. The van der Waals surface area contributed by atoms with Crippen LogP contribution in [0.1, 0.15) is 13.3 Å². The molecule has 0 bridgehead atoms. The molecular weight excluding hydrogens is 168 g/mol. The number of thioether (sulfide) groups is 1. The van der Waals surface area contributed by atoms with Crippen LogP contribution in [0, 0.1) is 0 Å². The molecule has 12 heavy (non-hydrogen) atoms. The molecule has 1 N–H and O–H groups in total. The fourth-order valence-electron chi connectivity index (χ4n) is 2.18. The minimum absolute atomic E-state index is 0.752. The van der Waals surface area contributed by atoms with Crippen LogP contribution < -0.4 is 5.32 Å². The zero-order valence-electron chi connectivity index (χ0n) is 7.75. The number of rotatable bonds is 1. The zero-order valence-corrected chi connectivity index (χ0v) is 8.57. The SMILES string of the molecule is C[C@H]1CNCCN1C1CCSC1. The molecule has 2 aliphatic rings. The predicted molar refractivity (Wildman–Crippen MR) is 54.8 cm³/mol. The third-order valence-electron chi connectivity index (χ3n) is 2.93. The van der Waals surface area contributed by atoms with Gasteiger partial charge in [-0.25, -0.2) is 0 Å². The van der Waals surface area contributed by atoms with Gasteiger partial charge in [-0.05, 0) is 19.1 Å². The Morgan fingerprint density at radius 3 is 3.08 bits per heavy atom. The molecule has 70 valence electrons. The third kappa shape index (κ3) is 1.78. The van der Waals surface area contributed by atoms with Crippen molar-refractivity contribution in [3.63, 3.8) is 0 Å². The van der Waals surface area contributed by atoms with E-state index in [1.165, 1.54) is 37.6 Å². The first-order valence-electron chi connectivity index (χ1n) is 4.92. The van der Waals surface area contributed by atoms with Crippen LogP contribution in [-0.2, 0) is 0 Å². The lowest BCUT2D eigenvalue weighted by Crippen LogP contribution is -2.53. The first-order valence-corrected chi connectivity index (χ1v) is 6.07. The molecule has 0 amide bonds. The van der Waals surface area contributed by atoms with Crippen molar-refractivity contribution in [2.45, 2.75) is 25.4 Å². The molecule has 2 heterocycles. The van der Waals surface area contributed by atoms with E-state index in [9.17, 15) is 0 Å². The van der Waals surface area contributed by atoms with Crippen LogP contribution in [0.15, 0.2) is 0 Å². The van der Waals surface area contributed by atoms with Crippen LogP contribution in [-0.4, -0.2) is 48.1 Å². The van der Waals surface area contributed by atoms with Crippen molar-refractivity contribution in [3.8, 4) is 0 Å². The van der Waals surface area contributed by atoms with Gasteiger partial charge in [0.1, 0.15) is 0 Å². The van der Waals surface area contributed by atoms with Gasteiger partial charge >= 0.3 is 0 Å². The van der Waals surface area contributed by atoms with Crippen molar-refractivity contribution in [1.82, 2.24) is 10.2 Å². The van der Waals surface area contributed by atoms with E-state index in [2.05, 4.69) is 28.9 Å². The molecule has 2 aliphatic heterocycles. The summed E-state index contributed by atoms with van der Waals surface area (Å²) in [6, 6.07) is 1.63. The monoisotopic (exact) mass is 186 g/mol. The van der Waals surface area contributed by atoms with Crippen molar-refractivity contribution < 1.29 is 0 Å². The van der Waals surface area contributed by atoms with Crippen molar-refractivity contribution in [3.05, 3.63) is 0 Å². The lowest BCUT2D eigenvalue weighted by Gasteiger charge is -2.38. The van der Waals surface area contributed by atoms with E-state index in [-0.39, 0.29) is 0 Å². The van der Waals surface area contributed by atoms with E-state index < -0.39 is 0 Å². The van der Waals surface area contributed by atoms with Gasteiger partial charge in [-0.2, -0.15) is 11.8 Å². The Balaban J connectivity index is 1.91. The predicted octanol–water partition coefficient (Wildman–Crippen LogP) is 0.786. The second-order valence-electron chi connectivity index (χ2n) is 3.81. The Bertz CT molecular complexity index is 145. The van der Waals surface area contributed by atoms with Gasteiger partial charge in [0.05, 0.1) is 0 Å². The van der Waals surface area contributed by atoms with Gasteiger partial charge in [-0.1, -0.05) is 0 Å². The molecule has 0 aromatic carbocycles. The topological polar surface area (TPSA) is 15.3 Å². The van der Waals surface area contributed by atoms with Crippen LogP contribution in [0.5, 0.6) is 0 Å². The van der Waals surface area contributed by atoms with Crippen LogP contribution in [0.4, 0.5) is 0 Å². The summed E-state index contributed by atoms with van der Waals surface area (Å²) >= 11 is 2.12. The van der Waals surface area contributed by atoms with Gasteiger partial charge in [0, 0.05) is 37.5 Å². The average molecular weight is 186 g/mol. The van der Waals surface area contributed by atoms with Gasteiger partial charge in [-0.15, -0.1) is 0 Å². The molecule has 2 rings (SSSR count). The first-order chi connectivity index (χ1) is 5.88. The van der Waals surface area contributed by atoms with Crippen LogP contribution in [0.3, 0.4) is 0 Å². The quantitative estimate of drug-likeness (QED) is 0.652. The van der Waals surface area contributed by atoms with Gasteiger partial charge < -0.3 is 5.32 Å². The molecule has 0 radical (unpaired) electrons. The highest BCUT2D eigenvalue weighted by atomic mass is 32.2. The second-order valence-corrected chi connectivity index (χ2v) is 4.96. The number of nitrogens with zero attached hydrogens (tertiary/aromatic N) is 1. The Kier molecular flexibility index (Phi) is 2.94. The fourth-order valence-corrected chi connectivity index (χ4v) is 3.42. The van der Waals surface area contributed by atoms with Crippen LogP contribution in [0.2, 0.25) is 0 Å². The Morgan fingerprint density at radius 2 is 2.42 bits per heavy atom. The summed E-state index contributed by atoms with van der Waals surface area (Å²) in [4.78, 5) is 2.69. The Morgan fingerprint density at radius 1 is 1.50 bits per heavy atom. The highest BCUT2D eigenvalue weighted by Gasteiger charge is 2.27. The van der Waals surface area contributed by atoms with Gasteiger partial charge in [0.15, 0.2) is 0 Å². The summed E-state index contributed by atoms with van der Waals surface area (Å²) in [7, 11) is 0. The minimum atomic E-state index is 0.752. The van der Waals surface area contributed by atoms with Gasteiger partial charge in [-0.3, -0.25) is 4.90 Å². The molecule has 0 saturated carbocycles. The van der Waals surface area contributed by atoms with E-state index in [4.69, 9.17) is 0 Å². The van der Waals surface area contributed by atoms with E-state index in [0.717, 1.165) is 12.1 Å². The highest BCUT2D eigenvalue weighted by Crippen LogP contribution is 2.24. The third-order valence-corrected chi connectivity index (χ3v) is 4.07. The summed E-state index contributed by atoms with van der Waals surface area (Å²) < 4.78 is 0. The van der Waals surface area contributed by atoms with E-state index in [1.54, 1.807) is 0 Å². The van der Waals surface area contributed by atoms with Crippen molar-refractivity contribution in [2.75, 3.05) is 31.1 Å². The number of hydrogen-bond acceptors (Lipinski definition) is 3. The maximum Gasteiger partial charge on any atom is 0.0198 e. The largest absolute Gasteiger partial charge is 0.314 e. The normalized spacial score (nSPS) is 38.8. The smallest absolute Gasteiger partial charge is 0.0198 e. The molecule has 3 heteroatoms. The molecule has 2 nitrogen and oxygen atoms in total. The average Bonchev–Trinajstić information content (AvgIpc) is 2.57. The first kappa shape index (κ1) is 8.85. The molecule has 2 saturated heterocycles. The Hall–Kier alpha value is 0.270. The maximum absolute atomic E-state index is 3.44. The van der Waals surface area contributed by atoms with Crippen molar-refractivity contribution in [1.29, 1.82) is 0 Å². The maximum atomic E-state index is 3.44. The summed E-state index contributed by atoms with van der Waals surface area (Å²) in [5.74, 6) is 2.74. The number of nitrogens with one attached hydrogen (secondary N) is 1. The molecule has 0 aromatic heterocycles. The lowest BCUT2D eigenvalue weighted by molar-refractivity contribution is 0.129. The van der Waals surface area contributed by atoms with E-state index in [0.29, 0.717) is 0 Å². The summed E-state index contributed by atoms with van der Waals surface area (Å²) in [6.07, 6.45) is 1.41. The summed E-state index contributed by atoms with van der Waals surface area (Å²) in [5, 5.41) is 3.44. The minimum Gasteiger partial charge on any atom is -0.314 e. The number of piperazine rings is 1. The fraction of sp³-hybridized carbons (Fsp3) is 1.00. The van der Waals surface area contributed by atoms with Crippen molar-refractivity contribution in [2.24, 2.45) is 0 Å². The van der Waals surface area contributed by atoms with Crippen LogP contribution >= 0.6 is 11.8 Å². The zero-order chi connectivity index (χ0) is 8.39. The van der Waals surface area contributed by atoms with Crippen molar-refractivity contribution >= 4 is 11.8 Å². The molecule has 0 aromatic rings. The molecule has 2 fully saturated rings. The van der Waals surface area contributed by atoms with Gasteiger partial charge in [0.2, 0.25) is 0 Å². The summed E-state index contributed by atoms with van der Waals surface area (Å²) in [5.41, 5.74) is 0. The lowest BCUT2D eigenvalue weighted by atomic mass is 10.1. The molecule has 0 spiro atoms. The molecule has 2 atom stereocenters. The number of hydrogen-bond donors (Lipinski definition) is 1. The van der Waals surface area contributed by atoms with E-state index >= 15 is 0 Å². The highest BCUT2D eigenvalue weighted by molar-refractivity contribution is 7.99. The standard InChI is InChI=1S/C9H18N2S/c1-8-6-10-3-4-11(8)9-2-5-12-7-9/h8-10H,2-7H2,1H3/t8-,9?/m0/s1. The molecule has 1 unspecified atom stereocenters. The second kappa shape index (κ2) is 3.99. The van der Waals surface area contributed by atoms with Crippen LogP contribution in [0.25, 0.3) is 0 Å².